The smallest absolute Gasteiger partial charge is 0.240 e. The lowest BCUT2D eigenvalue weighted by Crippen LogP contribution is -1.89. The molecular weight excluding hydrogens is 323 g/mol. The zero-order valence-corrected chi connectivity index (χ0v) is 12.4. The molecular formula is C15H12BrFN2O. The molecule has 102 valence electrons. The molecule has 0 saturated carbocycles. The molecule has 3 aromatic rings. The summed E-state index contributed by atoms with van der Waals surface area (Å²) in [7, 11) is 0. The Hall–Kier alpha value is -1.75. The second-order valence-corrected chi connectivity index (χ2v) is 5.58. The van der Waals surface area contributed by atoms with Crippen molar-refractivity contribution in [2.75, 3.05) is 0 Å². The van der Waals surface area contributed by atoms with Crippen LogP contribution in [-0.2, 0) is 0 Å². The van der Waals surface area contributed by atoms with Crippen LogP contribution in [0.25, 0.3) is 22.2 Å². The van der Waals surface area contributed by atoms with Crippen LogP contribution in [0.1, 0.15) is 24.1 Å². The van der Waals surface area contributed by atoms with Crippen molar-refractivity contribution in [3.05, 3.63) is 48.1 Å². The molecule has 1 atom stereocenters. The molecule has 1 unspecified atom stereocenters. The molecule has 0 bridgehead atoms. The van der Waals surface area contributed by atoms with E-state index in [0.717, 1.165) is 17.4 Å². The lowest BCUT2D eigenvalue weighted by Gasteiger charge is -2.03. The van der Waals surface area contributed by atoms with Gasteiger partial charge in [0.1, 0.15) is 5.82 Å². The molecule has 3 rings (SSSR count). The third-order valence-corrected chi connectivity index (χ3v) is 4.22. The third kappa shape index (κ3) is 2.22. The molecule has 1 heterocycles. The lowest BCUT2D eigenvalue weighted by atomic mass is 10.0. The van der Waals surface area contributed by atoms with Crippen molar-refractivity contribution < 1.29 is 8.91 Å². The number of halogens is 2. The van der Waals surface area contributed by atoms with Crippen molar-refractivity contribution in [1.29, 1.82) is 0 Å². The van der Waals surface area contributed by atoms with E-state index in [1.807, 2.05) is 25.1 Å². The van der Waals surface area contributed by atoms with Crippen molar-refractivity contribution in [2.24, 2.45) is 0 Å². The van der Waals surface area contributed by atoms with Crippen LogP contribution < -0.4 is 0 Å². The molecule has 0 amide bonds. The van der Waals surface area contributed by atoms with Gasteiger partial charge in [0.15, 0.2) is 0 Å². The van der Waals surface area contributed by atoms with Gasteiger partial charge in [0.25, 0.3) is 0 Å². The van der Waals surface area contributed by atoms with Gasteiger partial charge in [-0.3, -0.25) is 0 Å². The fourth-order valence-corrected chi connectivity index (χ4v) is 2.29. The Morgan fingerprint density at radius 1 is 1.20 bits per heavy atom. The van der Waals surface area contributed by atoms with E-state index in [1.54, 1.807) is 12.1 Å². The number of hydrogen-bond acceptors (Lipinski definition) is 3. The van der Waals surface area contributed by atoms with Crippen molar-refractivity contribution in [3.8, 4) is 11.4 Å². The monoisotopic (exact) mass is 334 g/mol. The van der Waals surface area contributed by atoms with Gasteiger partial charge in [0.2, 0.25) is 11.7 Å². The second kappa shape index (κ2) is 5.32. The summed E-state index contributed by atoms with van der Waals surface area (Å²) >= 11 is 3.48. The van der Waals surface area contributed by atoms with Crippen LogP contribution in [0.2, 0.25) is 0 Å². The Bertz CT molecular complexity index is 756. The molecule has 5 heteroatoms. The highest BCUT2D eigenvalue weighted by Crippen LogP contribution is 2.31. The Balaban J connectivity index is 2.15. The molecule has 3 nitrogen and oxygen atoms in total. The Morgan fingerprint density at radius 3 is 2.70 bits per heavy atom. The zero-order valence-electron chi connectivity index (χ0n) is 10.8. The van der Waals surface area contributed by atoms with Crippen LogP contribution in [0.15, 0.2) is 40.9 Å². The SMILES string of the molecule is CCC(Br)c1nc(-c2ccc(F)c3ccccc23)no1. The fourth-order valence-electron chi connectivity index (χ4n) is 2.10. The average molecular weight is 335 g/mol. The summed E-state index contributed by atoms with van der Waals surface area (Å²) in [5, 5.41) is 5.33. The van der Waals surface area contributed by atoms with Gasteiger partial charge >= 0.3 is 0 Å². The minimum atomic E-state index is -0.250. The van der Waals surface area contributed by atoms with Crippen molar-refractivity contribution >= 4 is 26.7 Å². The minimum Gasteiger partial charge on any atom is -0.338 e. The fraction of sp³-hybridized carbons (Fsp3) is 0.200. The van der Waals surface area contributed by atoms with Crippen LogP contribution in [-0.4, -0.2) is 10.1 Å². The molecule has 20 heavy (non-hydrogen) atoms. The Labute approximate surface area is 123 Å². The summed E-state index contributed by atoms with van der Waals surface area (Å²) in [5.74, 6) is 0.769. The predicted molar refractivity (Wildman–Crippen MR) is 79.2 cm³/mol. The Kier molecular flexibility index (Phi) is 3.53. The number of rotatable bonds is 3. The summed E-state index contributed by atoms with van der Waals surface area (Å²) in [6.45, 7) is 2.02. The molecule has 0 saturated heterocycles. The van der Waals surface area contributed by atoms with Gasteiger partial charge in [-0.05, 0) is 23.9 Å². The first-order chi connectivity index (χ1) is 9.70. The number of nitrogens with zero attached hydrogens (tertiary/aromatic N) is 2. The molecule has 0 aliphatic heterocycles. The van der Waals surface area contributed by atoms with Gasteiger partial charge in [-0.25, -0.2) is 4.39 Å². The minimum absolute atomic E-state index is 0.0375. The molecule has 1 aromatic heterocycles. The lowest BCUT2D eigenvalue weighted by molar-refractivity contribution is 0.377. The number of alkyl halides is 1. The van der Waals surface area contributed by atoms with Crippen LogP contribution >= 0.6 is 15.9 Å². The first kappa shape index (κ1) is 13.2. The highest BCUT2D eigenvalue weighted by molar-refractivity contribution is 9.09. The predicted octanol–water partition coefficient (Wildman–Crippen LogP) is 4.87. The highest BCUT2D eigenvalue weighted by Gasteiger charge is 2.17. The third-order valence-electron chi connectivity index (χ3n) is 3.18. The van der Waals surface area contributed by atoms with Gasteiger partial charge in [0.05, 0.1) is 4.83 Å². The zero-order chi connectivity index (χ0) is 14.1. The number of aromatic nitrogens is 2. The van der Waals surface area contributed by atoms with Crippen LogP contribution in [0, 0.1) is 5.82 Å². The molecule has 0 N–H and O–H groups in total. The quantitative estimate of drug-likeness (QED) is 0.641. The van der Waals surface area contributed by atoms with E-state index in [-0.39, 0.29) is 10.6 Å². The molecule has 0 spiro atoms. The molecule has 0 aliphatic carbocycles. The van der Waals surface area contributed by atoms with Gasteiger partial charge in [-0.15, -0.1) is 0 Å². The van der Waals surface area contributed by atoms with Crippen LogP contribution in [0.3, 0.4) is 0 Å². The first-order valence-electron chi connectivity index (χ1n) is 6.36. The van der Waals surface area contributed by atoms with E-state index in [4.69, 9.17) is 4.52 Å². The topological polar surface area (TPSA) is 38.9 Å². The Morgan fingerprint density at radius 2 is 1.95 bits per heavy atom. The van der Waals surface area contributed by atoms with E-state index < -0.39 is 0 Å². The van der Waals surface area contributed by atoms with Crippen LogP contribution in [0.5, 0.6) is 0 Å². The van der Waals surface area contributed by atoms with Crippen molar-refractivity contribution in [2.45, 2.75) is 18.2 Å². The number of fused-ring (bicyclic) bond motifs is 1. The number of benzene rings is 2. The van der Waals surface area contributed by atoms with Crippen molar-refractivity contribution in [3.63, 3.8) is 0 Å². The van der Waals surface area contributed by atoms with Gasteiger partial charge in [-0.2, -0.15) is 4.98 Å². The largest absolute Gasteiger partial charge is 0.338 e. The van der Waals surface area contributed by atoms with E-state index in [9.17, 15) is 4.39 Å². The maximum Gasteiger partial charge on any atom is 0.240 e. The first-order valence-corrected chi connectivity index (χ1v) is 7.27. The normalized spacial score (nSPS) is 12.8. The molecule has 0 fully saturated rings. The van der Waals surface area contributed by atoms with Crippen molar-refractivity contribution in [1.82, 2.24) is 10.1 Å². The van der Waals surface area contributed by atoms with E-state index in [0.29, 0.717) is 17.1 Å². The molecule has 0 radical (unpaired) electrons. The average Bonchev–Trinajstić information content (AvgIpc) is 2.97. The number of hydrogen-bond donors (Lipinski definition) is 0. The van der Waals surface area contributed by atoms with Gasteiger partial charge < -0.3 is 4.52 Å². The summed E-state index contributed by atoms with van der Waals surface area (Å²) < 4.78 is 19.0. The van der Waals surface area contributed by atoms with Gasteiger partial charge in [0, 0.05) is 10.9 Å². The summed E-state index contributed by atoms with van der Waals surface area (Å²) in [6.07, 6.45) is 0.853. The van der Waals surface area contributed by atoms with E-state index in [1.165, 1.54) is 6.07 Å². The van der Waals surface area contributed by atoms with Gasteiger partial charge in [-0.1, -0.05) is 52.3 Å². The molecule has 0 aliphatic rings. The van der Waals surface area contributed by atoms with E-state index >= 15 is 0 Å². The second-order valence-electron chi connectivity index (χ2n) is 4.47. The van der Waals surface area contributed by atoms with E-state index in [2.05, 4.69) is 26.1 Å². The van der Waals surface area contributed by atoms with Crippen LogP contribution in [0.4, 0.5) is 4.39 Å². The summed E-state index contributed by atoms with van der Waals surface area (Å²) in [5.41, 5.74) is 0.771. The summed E-state index contributed by atoms with van der Waals surface area (Å²) in [4.78, 5) is 4.42. The molecule has 2 aromatic carbocycles. The maximum atomic E-state index is 13.8. The standard InChI is InChI=1S/C15H12BrFN2O/c1-2-12(16)15-18-14(19-20-15)11-7-8-13(17)10-6-4-3-5-9(10)11/h3-8,12H,2H2,1H3. The maximum absolute atomic E-state index is 13.8. The summed E-state index contributed by atoms with van der Waals surface area (Å²) in [6, 6.07) is 10.4. The highest BCUT2D eigenvalue weighted by atomic mass is 79.9.